The third-order valence-corrected chi connectivity index (χ3v) is 4.40. The van der Waals surface area contributed by atoms with Gasteiger partial charge in [0.2, 0.25) is 5.65 Å². The van der Waals surface area contributed by atoms with Gasteiger partial charge in [0.1, 0.15) is 5.75 Å². The van der Waals surface area contributed by atoms with Crippen molar-refractivity contribution in [3.63, 3.8) is 0 Å². The number of methoxy groups -OCH3 is 1. The van der Waals surface area contributed by atoms with E-state index in [1.807, 2.05) is 53.2 Å². The highest BCUT2D eigenvalue weighted by atomic mass is 16.5. The fourth-order valence-corrected chi connectivity index (χ4v) is 2.99. The molecule has 0 bridgehead atoms. The lowest BCUT2D eigenvalue weighted by atomic mass is 10.1. The zero-order valence-electron chi connectivity index (χ0n) is 14.5. The number of hydrogen-bond donors (Lipinski definition) is 0. The number of hydrogen-bond acceptors (Lipinski definition) is 6. The molecule has 8 nitrogen and oxygen atoms in total. The highest BCUT2D eigenvalue weighted by Crippen LogP contribution is 2.21. The SMILES string of the molecule is COc1ccc(-c2cnc3nnn(Cc4ccc5ccnn5c4)c3n2)cc1. The molecule has 4 aromatic heterocycles. The van der Waals surface area contributed by atoms with Gasteiger partial charge in [-0.3, -0.25) is 0 Å². The molecule has 0 amide bonds. The molecule has 0 saturated carbocycles. The predicted octanol–water partition coefficient (Wildman–Crippen LogP) is 2.59. The molecule has 0 radical (unpaired) electrons. The van der Waals surface area contributed by atoms with Gasteiger partial charge in [0.05, 0.1) is 31.1 Å². The molecular weight excluding hydrogens is 342 g/mol. The Labute approximate surface area is 154 Å². The molecule has 8 heteroatoms. The molecule has 0 unspecified atom stereocenters. The van der Waals surface area contributed by atoms with Crippen LogP contribution in [0.3, 0.4) is 0 Å². The van der Waals surface area contributed by atoms with Crippen LogP contribution in [-0.4, -0.2) is 41.7 Å². The van der Waals surface area contributed by atoms with Gasteiger partial charge in [-0.1, -0.05) is 11.3 Å². The van der Waals surface area contributed by atoms with Gasteiger partial charge in [-0.25, -0.2) is 19.2 Å². The Bertz CT molecular complexity index is 1240. The summed E-state index contributed by atoms with van der Waals surface area (Å²) in [6, 6.07) is 13.7. The Balaban J connectivity index is 1.52. The summed E-state index contributed by atoms with van der Waals surface area (Å²) in [6.45, 7) is 0.535. The molecule has 4 heterocycles. The van der Waals surface area contributed by atoms with Crippen molar-refractivity contribution in [3.05, 3.63) is 66.6 Å². The Hall–Kier alpha value is -3.81. The summed E-state index contributed by atoms with van der Waals surface area (Å²) >= 11 is 0. The summed E-state index contributed by atoms with van der Waals surface area (Å²) in [5.41, 5.74) is 4.97. The standard InChI is InChI=1S/C19H15N7O/c1-27-16-6-3-14(4-7-16)17-10-20-18-19(22-17)26(24-23-18)12-13-2-5-15-8-9-21-25(15)11-13/h2-11H,12H2,1H3. The summed E-state index contributed by atoms with van der Waals surface area (Å²) in [6.07, 6.45) is 5.46. The first-order valence-corrected chi connectivity index (χ1v) is 8.43. The average molecular weight is 357 g/mol. The Morgan fingerprint density at radius 1 is 1.04 bits per heavy atom. The van der Waals surface area contributed by atoms with E-state index in [4.69, 9.17) is 9.72 Å². The number of nitrogens with zero attached hydrogens (tertiary/aromatic N) is 7. The van der Waals surface area contributed by atoms with E-state index in [1.54, 1.807) is 24.2 Å². The maximum absolute atomic E-state index is 5.21. The molecule has 0 spiro atoms. The molecule has 0 aliphatic carbocycles. The number of fused-ring (bicyclic) bond motifs is 2. The predicted molar refractivity (Wildman–Crippen MR) is 99.4 cm³/mol. The van der Waals surface area contributed by atoms with Gasteiger partial charge in [0, 0.05) is 18.0 Å². The first kappa shape index (κ1) is 15.4. The van der Waals surface area contributed by atoms with E-state index >= 15 is 0 Å². The van der Waals surface area contributed by atoms with Gasteiger partial charge in [-0.05, 0) is 42.0 Å². The van der Waals surface area contributed by atoms with E-state index in [-0.39, 0.29) is 0 Å². The fraction of sp³-hybridized carbons (Fsp3) is 0.105. The highest BCUT2D eigenvalue weighted by Gasteiger charge is 2.11. The zero-order valence-corrected chi connectivity index (χ0v) is 14.5. The van der Waals surface area contributed by atoms with Crippen molar-refractivity contribution in [1.82, 2.24) is 34.6 Å². The molecule has 0 aliphatic rings. The van der Waals surface area contributed by atoms with Crippen LogP contribution in [0.4, 0.5) is 0 Å². The van der Waals surface area contributed by atoms with Gasteiger partial charge >= 0.3 is 0 Å². The van der Waals surface area contributed by atoms with Crippen LogP contribution in [0.25, 0.3) is 28.1 Å². The lowest BCUT2D eigenvalue weighted by molar-refractivity contribution is 0.415. The van der Waals surface area contributed by atoms with Crippen LogP contribution >= 0.6 is 0 Å². The summed E-state index contributed by atoms with van der Waals surface area (Å²) in [7, 11) is 1.64. The monoisotopic (exact) mass is 357 g/mol. The summed E-state index contributed by atoms with van der Waals surface area (Å²) < 4.78 is 8.79. The molecule has 5 aromatic rings. The normalized spacial score (nSPS) is 11.3. The first-order chi connectivity index (χ1) is 13.3. The van der Waals surface area contributed by atoms with Crippen LogP contribution < -0.4 is 4.74 Å². The lowest BCUT2D eigenvalue weighted by Gasteiger charge is -2.05. The number of benzene rings is 1. The molecule has 0 aliphatic heterocycles. The topological polar surface area (TPSA) is 83.0 Å². The van der Waals surface area contributed by atoms with Crippen molar-refractivity contribution in [1.29, 1.82) is 0 Å². The summed E-state index contributed by atoms with van der Waals surface area (Å²) in [5, 5.41) is 12.6. The summed E-state index contributed by atoms with van der Waals surface area (Å²) in [4.78, 5) is 9.12. The molecule has 1 aromatic carbocycles. The largest absolute Gasteiger partial charge is 0.497 e. The molecule has 27 heavy (non-hydrogen) atoms. The van der Waals surface area contributed by atoms with E-state index in [9.17, 15) is 0 Å². The number of pyridine rings is 1. The number of aromatic nitrogens is 7. The minimum Gasteiger partial charge on any atom is -0.497 e. The van der Waals surface area contributed by atoms with E-state index in [1.165, 1.54) is 0 Å². The van der Waals surface area contributed by atoms with Gasteiger partial charge in [0.15, 0.2) is 5.65 Å². The van der Waals surface area contributed by atoms with Crippen LogP contribution in [-0.2, 0) is 6.54 Å². The molecule has 0 N–H and O–H groups in total. The minimum atomic E-state index is 0.521. The van der Waals surface area contributed by atoms with Crippen molar-refractivity contribution in [2.75, 3.05) is 7.11 Å². The van der Waals surface area contributed by atoms with Gasteiger partial charge in [0.25, 0.3) is 0 Å². The lowest BCUT2D eigenvalue weighted by Crippen LogP contribution is -2.04. The third-order valence-electron chi connectivity index (χ3n) is 4.40. The van der Waals surface area contributed by atoms with Crippen molar-refractivity contribution >= 4 is 16.8 Å². The Morgan fingerprint density at radius 3 is 2.78 bits per heavy atom. The van der Waals surface area contributed by atoms with E-state index in [0.29, 0.717) is 17.8 Å². The van der Waals surface area contributed by atoms with Crippen LogP contribution in [0, 0.1) is 0 Å². The second kappa shape index (κ2) is 6.17. The smallest absolute Gasteiger partial charge is 0.221 e. The second-order valence-electron chi connectivity index (χ2n) is 6.12. The van der Waals surface area contributed by atoms with Gasteiger partial charge in [-0.15, -0.1) is 5.10 Å². The van der Waals surface area contributed by atoms with Crippen LogP contribution in [0.15, 0.2) is 61.1 Å². The van der Waals surface area contributed by atoms with Crippen LogP contribution in [0.5, 0.6) is 5.75 Å². The number of rotatable bonds is 4. The summed E-state index contributed by atoms with van der Waals surface area (Å²) in [5.74, 6) is 0.800. The molecule has 0 fully saturated rings. The average Bonchev–Trinajstić information content (AvgIpc) is 3.34. The molecule has 132 valence electrons. The van der Waals surface area contributed by atoms with Crippen LogP contribution in [0.2, 0.25) is 0 Å². The van der Waals surface area contributed by atoms with Crippen molar-refractivity contribution in [2.24, 2.45) is 0 Å². The van der Waals surface area contributed by atoms with E-state index in [2.05, 4.69) is 20.4 Å². The minimum absolute atomic E-state index is 0.521. The second-order valence-corrected chi connectivity index (χ2v) is 6.12. The maximum atomic E-state index is 5.21. The maximum Gasteiger partial charge on any atom is 0.221 e. The highest BCUT2D eigenvalue weighted by molar-refractivity contribution is 5.70. The van der Waals surface area contributed by atoms with E-state index < -0.39 is 0 Å². The quantitative estimate of drug-likeness (QED) is 0.492. The zero-order chi connectivity index (χ0) is 18.2. The van der Waals surface area contributed by atoms with Gasteiger partial charge < -0.3 is 4.74 Å². The fourth-order valence-electron chi connectivity index (χ4n) is 2.99. The Kier molecular flexibility index (Phi) is 3.53. The van der Waals surface area contributed by atoms with Crippen molar-refractivity contribution in [3.8, 4) is 17.0 Å². The molecule has 0 saturated heterocycles. The van der Waals surface area contributed by atoms with Crippen LogP contribution in [0.1, 0.15) is 5.56 Å². The molecular formula is C19H15N7O. The number of ether oxygens (including phenoxy) is 1. The first-order valence-electron chi connectivity index (χ1n) is 8.43. The Morgan fingerprint density at radius 2 is 1.93 bits per heavy atom. The molecule has 0 atom stereocenters. The van der Waals surface area contributed by atoms with E-state index in [0.717, 1.165) is 28.1 Å². The third kappa shape index (κ3) is 2.77. The van der Waals surface area contributed by atoms with Crippen molar-refractivity contribution in [2.45, 2.75) is 6.54 Å². The molecule has 5 rings (SSSR count). The van der Waals surface area contributed by atoms with Gasteiger partial charge in [-0.2, -0.15) is 5.10 Å². The van der Waals surface area contributed by atoms with Crippen molar-refractivity contribution < 1.29 is 4.74 Å².